The first-order chi connectivity index (χ1) is 11.7. The minimum absolute atomic E-state index is 0. The molecule has 1 atom stereocenters. The van der Waals surface area contributed by atoms with Gasteiger partial charge in [-0.25, -0.2) is 0 Å². The van der Waals surface area contributed by atoms with E-state index < -0.39 is 22.8 Å². The standard InChI is InChI=1S/C20H17.C3H6.2ClH.Zr/c1-2-14-11-12-18-17-10-6-5-9-16(17)13-19(18)20(14)15-7-3-4-8-15;1-3-2;;;/h3-7,9-13H,2,8H2,1H3;1-2H3;2*1H;/q;;;;+2/p-2. The second-order valence-electron chi connectivity index (χ2n) is 6.90. The summed E-state index contributed by atoms with van der Waals surface area (Å²) in [6.07, 6.45) is 9.06. The molecule has 0 radical (unpaired) electrons. The van der Waals surface area contributed by atoms with Crippen molar-refractivity contribution in [3.63, 3.8) is 0 Å². The van der Waals surface area contributed by atoms with Gasteiger partial charge in [-0.15, -0.1) is 0 Å². The Morgan fingerprint density at radius 2 is 1.81 bits per heavy atom. The van der Waals surface area contributed by atoms with Crippen molar-refractivity contribution in [3.05, 3.63) is 76.9 Å². The fourth-order valence-corrected chi connectivity index (χ4v) is 7.61. The second-order valence-corrected chi connectivity index (χ2v) is 11.5. The molecule has 0 aromatic heterocycles. The molecule has 26 heavy (non-hydrogen) atoms. The minimum Gasteiger partial charge on any atom is -1.00 e. The van der Waals surface area contributed by atoms with Crippen LogP contribution in [0.5, 0.6) is 0 Å². The van der Waals surface area contributed by atoms with Crippen LogP contribution in [0.3, 0.4) is 0 Å². The molecule has 2 aliphatic carbocycles. The van der Waals surface area contributed by atoms with Crippen LogP contribution in [0.25, 0.3) is 16.7 Å². The SMILES string of the molecule is CCc1ccc2c(c1C1=CC=CC1)[CH]([Zr+2]=[C](C)C)c1ccccc1-2.[Cl-].[Cl-]. The van der Waals surface area contributed by atoms with E-state index in [1.54, 1.807) is 19.9 Å². The molecule has 0 N–H and O–H groups in total. The summed E-state index contributed by atoms with van der Waals surface area (Å²) in [6, 6.07) is 13.9. The van der Waals surface area contributed by atoms with Gasteiger partial charge in [0.15, 0.2) is 0 Å². The predicted octanol–water partition coefficient (Wildman–Crippen LogP) is -0.0352. The molecule has 2 aliphatic rings. The van der Waals surface area contributed by atoms with Crippen LogP contribution in [0.4, 0.5) is 0 Å². The Kier molecular flexibility index (Phi) is 7.43. The van der Waals surface area contributed by atoms with Gasteiger partial charge in [0.25, 0.3) is 0 Å². The van der Waals surface area contributed by atoms with Crippen molar-refractivity contribution in [1.82, 2.24) is 0 Å². The van der Waals surface area contributed by atoms with Crippen molar-refractivity contribution in [3.8, 4) is 11.1 Å². The Morgan fingerprint density at radius 1 is 1.04 bits per heavy atom. The van der Waals surface area contributed by atoms with E-state index in [1.807, 2.05) is 0 Å². The third kappa shape index (κ3) is 3.64. The number of allylic oxidation sites excluding steroid dienone is 4. The van der Waals surface area contributed by atoms with Crippen molar-refractivity contribution in [2.24, 2.45) is 0 Å². The van der Waals surface area contributed by atoms with Gasteiger partial charge in [0, 0.05) is 0 Å². The normalized spacial score (nSPS) is 16.0. The maximum atomic E-state index is 2.39. The van der Waals surface area contributed by atoms with E-state index in [0.29, 0.717) is 3.63 Å². The average Bonchev–Trinajstić information content (AvgIpc) is 3.21. The summed E-state index contributed by atoms with van der Waals surface area (Å²) in [4.78, 5) is 0. The Hall–Kier alpha value is -0.747. The van der Waals surface area contributed by atoms with E-state index in [1.165, 1.54) is 22.3 Å². The fraction of sp³-hybridized carbons (Fsp3) is 0.261. The van der Waals surface area contributed by atoms with E-state index >= 15 is 0 Å². The topological polar surface area (TPSA) is 0 Å². The molecule has 0 fully saturated rings. The first-order valence-electron chi connectivity index (χ1n) is 8.88. The van der Waals surface area contributed by atoms with Crippen molar-refractivity contribution in [2.75, 3.05) is 0 Å². The number of benzene rings is 2. The molecule has 3 heteroatoms. The summed E-state index contributed by atoms with van der Waals surface area (Å²) in [6.45, 7) is 6.97. The first kappa shape index (κ1) is 21.6. The average molecular weight is 462 g/mol. The summed E-state index contributed by atoms with van der Waals surface area (Å²) in [5.74, 6) is 0. The van der Waals surface area contributed by atoms with Crippen LogP contribution >= 0.6 is 0 Å². The second kappa shape index (κ2) is 8.96. The minimum atomic E-state index is -0.621. The van der Waals surface area contributed by atoms with Gasteiger partial charge >= 0.3 is 157 Å². The summed E-state index contributed by atoms with van der Waals surface area (Å²) >= 11 is -0.621. The molecule has 0 nitrogen and oxygen atoms in total. The molecule has 0 saturated carbocycles. The largest absolute Gasteiger partial charge is 1.00 e. The predicted molar refractivity (Wildman–Crippen MR) is 101 cm³/mol. The summed E-state index contributed by atoms with van der Waals surface area (Å²) in [5, 5.41) is 0. The van der Waals surface area contributed by atoms with Crippen molar-refractivity contribution >= 4 is 8.78 Å². The molecule has 133 valence electrons. The molecular formula is C23H23Cl2Zr. The van der Waals surface area contributed by atoms with Crippen LogP contribution in [-0.4, -0.2) is 3.21 Å². The third-order valence-corrected chi connectivity index (χ3v) is 8.69. The first-order valence-corrected chi connectivity index (χ1v) is 11.5. The van der Waals surface area contributed by atoms with Gasteiger partial charge in [0.1, 0.15) is 0 Å². The molecule has 0 saturated heterocycles. The van der Waals surface area contributed by atoms with Crippen LogP contribution in [-0.2, 0) is 29.2 Å². The number of rotatable bonds is 3. The van der Waals surface area contributed by atoms with Crippen LogP contribution in [0.15, 0.2) is 54.6 Å². The molecule has 4 rings (SSSR count). The van der Waals surface area contributed by atoms with E-state index in [2.05, 4.69) is 75.4 Å². The number of aryl methyl sites for hydroxylation is 1. The Morgan fingerprint density at radius 3 is 2.46 bits per heavy atom. The molecule has 2 aromatic rings. The Labute approximate surface area is 180 Å². The molecule has 0 heterocycles. The smallest absolute Gasteiger partial charge is 1.00 e. The van der Waals surface area contributed by atoms with Gasteiger partial charge in [-0.2, -0.15) is 0 Å². The van der Waals surface area contributed by atoms with E-state index in [4.69, 9.17) is 0 Å². The molecule has 1 unspecified atom stereocenters. The quantitative estimate of drug-likeness (QED) is 0.602. The maximum absolute atomic E-state index is 2.39. The Balaban J connectivity index is 0.00000121. The number of hydrogen-bond acceptors (Lipinski definition) is 0. The third-order valence-electron chi connectivity index (χ3n) is 5.09. The number of hydrogen-bond donors (Lipinski definition) is 0. The summed E-state index contributed by atoms with van der Waals surface area (Å²) < 4.78 is 2.35. The van der Waals surface area contributed by atoms with Gasteiger partial charge in [-0.3, -0.25) is 0 Å². The molecule has 0 aliphatic heterocycles. The van der Waals surface area contributed by atoms with Crippen LogP contribution < -0.4 is 24.8 Å². The van der Waals surface area contributed by atoms with Crippen LogP contribution in [0.1, 0.15) is 53.1 Å². The zero-order chi connectivity index (χ0) is 16.7. The van der Waals surface area contributed by atoms with Gasteiger partial charge in [-0.1, -0.05) is 0 Å². The van der Waals surface area contributed by atoms with E-state index in [-0.39, 0.29) is 24.8 Å². The maximum Gasteiger partial charge on any atom is -1.00 e. The van der Waals surface area contributed by atoms with Crippen LogP contribution in [0, 0.1) is 0 Å². The fourth-order valence-electron chi connectivity index (χ4n) is 4.09. The van der Waals surface area contributed by atoms with Gasteiger partial charge in [0.2, 0.25) is 0 Å². The Bertz CT molecular complexity index is 902. The zero-order valence-electron chi connectivity index (χ0n) is 15.4. The van der Waals surface area contributed by atoms with Crippen molar-refractivity contribution in [1.29, 1.82) is 0 Å². The van der Waals surface area contributed by atoms with Crippen molar-refractivity contribution < 1.29 is 47.6 Å². The van der Waals surface area contributed by atoms with Crippen molar-refractivity contribution in [2.45, 2.75) is 37.2 Å². The molecule has 2 aromatic carbocycles. The number of fused-ring (bicyclic) bond motifs is 3. The zero-order valence-corrected chi connectivity index (χ0v) is 19.4. The van der Waals surface area contributed by atoms with Gasteiger partial charge in [-0.05, 0) is 0 Å². The summed E-state index contributed by atoms with van der Waals surface area (Å²) in [5.41, 5.74) is 10.8. The van der Waals surface area contributed by atoms with Gasteiger partial charge in [0.05, 0.1) is 0 Å². The van der Waals surface area contributed by atoms with Crippen LogP contribution in [0.2, 0.25) is 0 Å². The van der Waals surface area contributed by atoms with Gasteiger partial charge < -0.3 is 24.8 Å². The molecule has 0 bridgehead atoms. The summed E-state index contributed by atoms with van der Waals surface area (Å²) in [7, 11) is 0. The number of halogens is 2. The molecule has 0 spiro atoms. The molecule has 0 amide bonds. The molecular weight excluding hydrogens is 438 g/mol. The van der Waals surface area contributed by atoms with E-state index in [0.717, 1.165) is 12.8 Å². The van der Waals surface area contributed by atoms with E-state index in [9.17, 15) is 0 Å². The monoisotopic (exact) mass is 459 g/mol.